The molecule has 0 radical (unpaired) electrons. The molecule has 2 aliphatic rings. The summed E-state index contributed by atoms with van der Waals surface area (Å²) in [7, 11) is 3.15. The van der Waals surface area contributed by atoms with Gasteiger partial charge in [-0.2, -0.15) is 0 Å². The Morgan fingerprint density at radius 2 is 1.43 bits per heavy atom. The van der Waals surface area contributed by atoms with Crippen LogP contribution in [0.1, 0.15) is 30.4 Å². The number of carbonyl (C=O) groups excluding carboxylic acids is 2. The number of ether oxygens (including phenoxy) is 2. The van der Waals surface area contributed by atoms with Gasteiger partial charge in [0.15, 0.2) is 11.5 Å². The fraction of sp³-hybridized carbons (Fsp3) is 0.294. The van der Waals surface area contributed by atoms with Gasteiger partial charge in [-0.1, -0.05) is 36.4 Å². The summed E-state index contributed by atoms with van der Waals surface area (Å²) in [6.45, 7) is 1.61. The molecule has 5 aromatic rings. The Kier molecular flexibility index (Phi) is 6.41. The lowest BCUT2D eigenvalue weighted by atomic mass is 9.67. The number of nitrogens with zero attached hydrogens (tertiary/aromatic N) is 2. The summed E-state index contributed by atoms with van der Waals surface area (Å²) in [5.41, 5.74) is 5.23. The maximum atomic E-state index is 13.8. The van der Waals surface area contributed by atoms with Crippen LogP contribution < -0.4 is 14.4 Å². The molecule has 2 aromatic heterocycles. The Labute approximate surface area is 244 Å². The van der Waals surface area contributed by atoms with Crippen molar-refractivity contribution < 1.29 is 19.1 Å². The van der Waals surface area contributed by atoms with Crippen molar-refractivity contribution in [3.63, 3.8) is 0 Å². The zero-order valence-electron chi connectivity index (χ0n) is 23.9. The lowest BCUT2D eigenvalue weighted by Crippen LogP contribution is -2.47. The van der Waals surface area contributed by atoms with E-state index >= 15 is 0 Å². The number of anilines is 1. The number of hydrogen-bond donors (Lipinski definition) is 2. The Balaban J connectivity index is 1.15. The molecule has 8 nitrogen and oxygen atoms in total. The van der Waals surface area contributed by atoms with Crippen LogP contribution in [0, 0.1) is 5.92 Å². The number of hydrogen-bond acceptors (Lipinski definition) is 4. The molecule has 0 saturated carbocycles. The lowest BCUT2D eigenvalue weighted by Gasteiger charge is -2.43. The second-order valence-electron chi connectivity index (χ2n) is 11.3. The third-order valence-corrected chi connectivity index (χ3v) is 9.29. The fourth-order valence-electron chi connectivity index (χ4n) is 7.10. The van der Waals surface area contributed by atoms with Gasteiger partial charge < -0.3 is 29.2 Å². The number of rotatable bonds is 6. The number of likely N-dealkylation sites (tertiary alicyclic amines) is 1. The van der Waals surface area contributed by atoms with Gasteiger partial charge in [0.25, 0.3) is 0 Å². The quantitative estimate of drug-likeness (QED) is 0.281. The van der Waals surface area contributed by atoms with Gasteiger partial charge in [-0.05, 0) is 48.2 Å². The van der Waals surface area contributed by atoms with E-state index in [-0.39, 0.29) is 29.6 Å². The molecular weight excluding hydrogens is 528 g/mol. The standard InChI is InChI=1S/C34H34N4O4/c1-41-30-12-11-23(18-31(30)42-2)38-21-22(17-32(38)39)33(40)37-15-13-34(14-16-37,26-19-35-28-9-5-3-7-24(26)28)27-20-36-29-10-6-4-8-25(27)29/h3-12,18-20,22,35-36H,13-17,21H2,1-2H3/t22-/m0/s1. The molecule has 2 aliphatic heterocycles. The molecule has 0 aliphatic carbocycles. The highest BCUT2D eigenvalue weighted by Gasteiger charge is 2.44. The molecular formula is C34H34N4O4. The summed E-state index contributed by atoms with van der Waals surface area (Å²) in [5, 5.41) is 2.43. The number of benzene rings is 3. The predicted molar refractivity (Wildman–Crippen MR) is 163 cm³/mol. The topological polar surface area (TPSA) is 90.7 Å². The largest absolute Gasteiger partial charge is 0.493 e. The van der Waals surface area contributed by atoms with E-state index in [1.54, 1.807) is 31.3 Å². The average molecular weight is 563 g/mol. The molecule has 0 spiro atoms. The maximum Gasteiger partial charge on any atom is 0.228 e. The van der Waals surface area contributed by atoms with Crippen molar-refractivity contribution in [2.24, 2.45) is 5.92 Å². The zero-order valence-corrected chi connectivity index (χ0v) is 23.9. The van der Waals surface area contributed by atoms with Crippen LogP contribution in [0.4, 0.5) is 5.69 Å². The van der Waals surface area contributed by atoms with Crippen molar-refractivity contribution >= 4 is 39.3 Å². The Hall–Kier alpha value is -4.72. The van der Waals surface area contributed by atoms with E-state index in [0.717, 1.165) is 23.9 Å². The molecule has 2 saturated heterocycles. The summed E-state index contributed by atoms with van der Waals surface area (Å²) in [6.07, 6.45) is 6.10. The molecule has 2 amide bonds. The molecule has 214 valence electrons. The van der Waals surface area contributed by atoms with Crippen LogP contribution in [-0.2, 0) is 15.0 Å². The molecule has 42 heavy (non-hydrogen) atoms. The molecule has 1 atom stereocenters. The zero-order chi connectivity index (χ0) is 28.8. The van der Waals surface area contributed by atoms with Gasteiger partial charge in [0.2, 0.25) is 11.8 Å². The van der Waals surface area contributed by atoms with Gasteiger partial charge in [0.05, 0.1) is 20.1 Å². The van der Waals surface area contributed by atoms with Gasteiger partial charge in [-0.3, -0.25) is 9.59 Å². The lowest BCUT2D eigenvalue weighted by molar-refractivity contribution is -0.137. The summed E-state index contributed by atoms with van der Waals surface area (Å²) in [6, 6.07) is 22.3. The second-order valence-corrected chi connectivity index (χ2v) is 11.3. The summed E-state index contributed by atoms with van der Waals surface area (Å²) < 4.78 is 10.8. The molecule has 7 rings (SSSR count). The van der Waals surface area contributed by atoms with E-state index in [4.69, 9.17) is 9.47 Å². The average Bonchev–Trinajstić information content (AvgIpc) is 3.77. The van der Waals surface area contributed by atoms with Gasteiger partial charge in [-0.15, -0.1) is 0 Å². The number of para-hydroxylation sites is 2. The summed E-state index contributed by atoms with van der Waals surface area (Å²) in [5.74, 6) is 0.781. The molecule has 2 N–H and O–H groups in total. The molecule has 2 fully saturated rings. The number of fused-ring (bicyclic) bond motifs is 2. The normalized spacial score (nSPS) is 18.6. The first-order chi connectivity index (χ1) is 20.5. The number of nitrogens with one attached hydrogen (secondary N) is 2. The van der Waals surface area contributed by atoms with Crippen molar-refractivity contribution in [3.8, 4) is 11.5 Å². The minimum atomic E-state index is -0.376. The van der Waals surface area contributed by atoms with Crippen LogP contribution >= 0.6 is 0 Å². The molecule has 0 bridgehead atoms. The van der Waals surface area contributed by atoms with Crippen molar-refractivity contribution in [2.75, 3.05) is 38.8 Å². The second kappa shape index (κ2) is 10.3. The Morgan fingerprint density at radius 3 is 2.02 bits per heavy atom. The number of aromatic nitrogens is 2. The van der Waals surface area contributed by atoms with E-state index < -0.39 is 0 Å². The van der Waals surface area contributed by atoms with Crippen LogP contribution in [0.2, 0.25) is 0 Å². The highest BCUT2D eigenvalue weighted by Crippen LogP contribution is 2.47. The van der Waals surface area contributed by atoms with E-state index in [9.17, 15) is 9.59 Å². The minimum absolute atomic E-state index is 0.0514. The smallest absolute Gasteiger partial charge is 0.228 e. The van der Waals surface area contributed by atoms with Crippen molar-refractivity contribution in [1.82, 2.24) is 14.9 Å². The summed E-state index contributed by atoms with van der Waals surface area (Å²) >= 11 is 0. The predicted octanol–water partition coefficient (Wildman–Crippen LogP) is 5.63. The van der Waals surface area contributed by atoms with Crippen LogP contribution in [0.5, 0.6) is 11.5 Å². The molecule has 3 aromatic carbocycles. The minimum Gasteiger partial charge on any atom is -0.493 e. The van der Waals surface area contributed by atoms with Crippen LogP contribution in [0.25, 0.3) is 21.8 Å². The van der Waals surface area contributed by atoms with E-state index in [0.29, 0.717) is 36.8 Å². The summed E-state index contributed by atoms with van der Waals surface area (Å²) in [4.78, 5) is 37.6. The fourth-order valence-corrected chi connectivity index (χ4v) is 7.10. The number of aromatic amines is 2. The third kappa shape index (κ3) is 4.12. The third-order valence-electron chi connectivity index (χ3n) is 9.29. The molecule has 0 unspecified atom stereocenters. The van der Waals surface area contributed by atoms with E-state index in [1.807, 2.05) is 11.0 Å². The SMILES string of the molecule is COc1ccc(N2C[C@@H](C(=O)N3CCC(c4c[nH]c5ccccc45)(c4c[nH]c5ccccc45)CC3)CC2=O)cc1OC. The van der Waals surface area contributed by atoms with Gasteiger partial charge in [0.1, 0.15) is 0 Å². The molecule has 4 heterocycles. The first kappa shape index (κ1) is 26.2. The van der Waals surface area contributed by atoms with Gasteiger partial charge in [0, 0.05) is 77.4 Å². The van der Waals surface area contributed by atoms with Crippen LogP contribution in [0.15, 0.2) is 79.1 Å². The van der Waals surface area contributed by atoms with E-state index in [2.05, 4.69) is 70.9 Å². The Morgan fingerprint density at radius 1 is 0.833 bits per heavy atom. The number of piperidine rings is 1. The van der Waals surface area contributed by atoms with Crippen molar-refractivity contribution in [2.45, 2.75) is 24.7 Å². The van der Waals surface area contributed by atoms with Crippen molar-refractivity contribution in [1.29, 1.82) is 0 Å². The monoisotopic (exact) mass is 562 g/mol. The number of carbonyl (C=O) groups is 2. The van der Waals surface area contributed by atoms with Crippen molar-refractivity contribution in [3.05, 3.63) is 90.3 Å². The number of methoxy groups -OCH3 is 2. The maximum absolute atomic E-state index is 13.8. The highest BCUT2D eigenvalue weighted by atomic mass is 16.5. The Bertz CT molecular complexity index is 1720. The first-order valence-corrected chi connectivity index (χ1v) is 14.5. The van der Waals surface area contributed by atoms with E-state index in [1.165, 1.54) is 21.9 Å². The van der Waals surface area contributed by atoms with Gasteiger partial charge >= 0.3 is 0 Å². The number of amides is 2. The number of H-pyrrole nitrogens is 2. The van der Waals surface area contributed by atoms with Gasteiger partial charge in [-0.25, -0.2) is 0 Å². The van der Waals surface area contributed by atoms with Crippen LogP contribution in [-0.4, -0.2) is 60.5 Å². The molecule has 8 heteroatoms. The first-order valence-electron chi connectivity index (χ1n) is 14.5. The highest BCUT2D eigenvalue weighted by molar-refractivity contribution is 6.00. The van der Waals surface area contributed by atoms with Crippen LogP contribution in [0.3, 0.4) is 0 Å².